The minimum atomic E-state index is -0.254. The Morgan fingerprint density at radius 1 is 0.938 bits per heavy atom. The van der Waals surface area contributed by atoms with Gasteiger partial charge in [-0.3, -0.25) is 10.1 Å². The minimum absolute atomic E-state index is 0.199. The fourth-order valence-electron chi connectivity index (χ4n) is 3.68. The smallest absolute Gasteiger partial charge is 0.258 e. The van der Waals surface area contributed by atoms with E-state index in [1.165, 1.54) is 11.3 Å². The van der Waals surface area contributed by atoms with E-state index in [2.05, 4.69) is 10.3 Å². The zero-order chi connectivity index (χ0) is 21.7. The van der Waals surface area contributed by atoms with Crippen LogP contribution in [0.4, 0.5) is 5.13 Å². The number of carbonyl (C=O) groups excluding carboxylic acids is 1. The number of para-hydroxylation sites is 1. The third kappa shape index (κ3) is 3.32. The highest BCUT2D eigenvalue weighted by Gasteiger charge is 2.18. The van der Waals surface area contributed by atoms with Gasteiger partial charge in [-0.25, -0.2) is 9.97 Å². The Kier molecular flexibility index (Phi) is 4.45. The van der Waals surface area contributed by atoms with E-state index in [-0.39, 0.29) is 12.7 Å². The SMILES string of the molecule is O=C(Nc1nc2ccc(Cl)cc2s1)c1cc(-c2ccc3c(c2)OCO3)nc2ccccc12. The van der Waals surface area contributed by atoms with Crippen molar-refractivity contribution >= 4 is 55.1 Å². The Morgan fingerprint density at radius 2 is 1.81 bits per heavy atom. The highest BCUT2D eigenvalue weighted by Crippen LogP contribution is 2.36. The average Bonchev–Trinajstić information content (AvgIpc) is 3.43. The maximum atomic E-state index is 13.3. The summed E-state index contributed by atoms with van der Waals surface area (Å²) in [5.74, 6) is 1.11. The van der Waals surface area contributed by atoms with Crippen molar-refractivity contribution in [3.63, 3.8) is 0 Å². The molecule has 0 radical (unpaired) electrons. The molecule has 1 amide bonds. The molecule has 0 bridgehead atoms. The summed E-state index contributed by atoms with van der Waals surface area (Å²) in [6, 6.07) is 20.4. The number of hydrogen-bond acceptors (Lipinski definition) is 6. The van der Waals surface area contributed by atoms with Crippen molar-refractivity contribution in [2.75, 3.05) is 12.1 Å². The Hall–Kier alpha value is -3.68. The van der Waals surface area contributed by atoms with Crippen molar-refractivity contribution < 1.29 is 14.3 Å². The van der Waals surface area contributed by atoms with Gasteiger partial charge in [-0.05, 0) is 48.5 Å². The van der Waals surface area contributed by atoms with Crippen LogP contribution >= 0.6 is 22.9 Å². The maximum Gasteiger partial charge on any atom is 0.258 e. The summed E-state index contributed by atoms with van der Waals surface area (Å²) in [5.41, 5.74) is 3.53. The van der Waals surface area contributed by atoms with Crippen LogP contribution in [-0.2, 0) is 0 Å². The number of hydrogen-bond donors (Lipinski definition) is 1. The molecule has 0 unspecified atom stereocenters. The Bertz CT molecular complexity index is 1530. The third-order valence-corrected chi connectivity index (χ3v) is 6.37. The lowest BCUT2D eigenvalue weighted by atomic mass is 10.0. The van der Waals surface area contributed by atoms with Crippen molar-refractivity contribution in [2.45, 2.75) is 0 Å². The Labute approximate surface area is 191 Å². The molecule has 0 atom stereocenters. The summed E-state index contributed by atoms with van der Waals surface area (Å²) >= 11 is 7.45. The van der Waals surface area contributed by atoms with Gasteiger partial charge in [-0.2, -0.15) is 0 Å². The second kappa shape index (κ2) is 7.47. The molecular formula is C24H14ClN3O3S. The number of carbonyl (C=O) groups is 1. The largest absolute Gasteiger partial charge is 0.454 e. The van der Waals surface area contributed by atoms with Gasteiger partial charge in [0.1, 0.15) is 0 Å². The van der Waals surface area contributed by atoms with E-state index in [1.807, 2.05) is 54.6 Å². The zero-order valence-corrected chi connectivity index (χ0v) is 18.0. The molecule has 1 aliphatic rings. The molecule has 3 heterocycles. The normalized spacial score (nSPS) is 12.4. The van der Waals surface area contributed by atoms with E-state index < -0.39 is 0 Å². The van der Waals surface area contributed by atoms with Gasteiger partial charge < -0.3 is 9.47 Å². The number of thiazole rings is 1. The number of fused-ring (bicyclic) bond motifs is 3. The molecule has 32 heavy (non-hydrogen) atoms. The van der Waals surface area contributed by atoms with Gasteiger partial charge in [-0.15, -0.1) is 0 Å². The van der Waals surface area contributed by atoms with Crippen molar-refractivity contribution in [2.24, 2.45) is 0 Å². The van der Waals surface area contributed by atoms with Crippen LogP contribution in [0, 0.1) is 0 Å². The highest BCUT2D eigenvalue weighted by molar-refractivity contribution is 7.22. The van der Waals surface area contributed by atoms with Crippen LogP contribution in [0.25, 0.3) is 32.4 Å². The number of rotatable bonds is 3. The van der Waals surface area contributed by atoms with Crippen LogP contribution in [0.3, 0.4) is 0 Å². The molecule has 0 fully saturated rings. The first-order chi connectivity index (χ1) is 15.6. The molecule has 0 saturated carbocycles. The zero-order valence-electron chi connectivity index (χ0n) is 16.5. The van der Waals surface area contributed by atoms with Crippen LogP contribution in [0.15, 0.2) is 66.7 Å². The van der Waals surface area contributed by atoms with E-state index in [4.69, 9.17) is 26.1 Å². The number of pyridine rings is 1. The summed E-state index contributed by atoms with van der Waals surface area (Å²) < 4.78 is 11.8. The van der Waals surface area contributed by atoms with Gasteiger partial charge >= 0.3 is 0 Å². The third-order valence-electron chi connectivity index (χ3n) is 5.20. The molecule has 5 aromatic rings. The fraction of sp³-hybridized carbons (Fsp3) is 0.0417. The van der Waals surface area contributed by atoms with Gasteiger partial charge in [0.05, 0.1) is 27.0 Å². The summed E-state index contributed by atoms with van der Waals surface area (Å²) in [6.07, 6.45) is 0. The highest BCUT2D eigenvalue weighted by atomic mass is 35.5. The fourth-order valence-corrected chi connectivity index (χ4v) is 4.82. The molecular weight excluding hydrogens is 446 g/mol. The van der Waals surface area contributed by atoms with E-state index >= 15 is 0 Å². The van der Waals surface area contributed by atoms with Gasteiger partial charge in [0, 0.05) is 16.0 Å². The van der Waals surface area contributed by atoms with Crippen LogP contribution in [0.2, 0.25) is 5.02 Å². The first kappa shape index (κ1) is 19.0. The Balaban J connectivity index is 1.42. The Morgan fingerprint density at radius 3 is 2.75 bits per heavy atom. The van der Waals surface area contributed by atoms with Gasteiger partial charge in [0.2, 0.25) is 6.79 Å². The predicted molar refractivity (Wildman–Crippen MR) is 126 cm³/mol. The first-order valence-corrected chi connectivity index (χ1v) is 11.0. The summed E-state index contributed by atoms with van der Waals surface area (Å²) in [7, 11) is 0. The molecule has 6 nitrogen and oxygen atoms in total. The molecule has 0 aliphatic carbocycles. The van der Waals surface area contributed by atoms with Gasteiger partial charge in [0.25, 0.3) is 5.91 Å². The van der Waals surface area contributed by atoms with Crippen LogP contribution in [0.1, 0.15) is 10.4 Å². The average molecular weight is 460 g/mol. The quantitative estimate of drug-likeness (QED) is 0.350. The second-order valence-corrected chi connectivity index (χ2v) is 8.69. The summed E-state index contributed by atoms with van der Waals surface area (Å²) in [5, 5.41) is 4.84. The molecule has 6 rings (SSSR count). The van der Waals surface area contributed by atoms with E-state index in [0.717, 1.165) is 26.7 Å². The topological polar surface area (TPSA) is 73.3 Å². The van der Waals surface area contributed by atoms with Crippen LogP contribution < -0.4 is 14.8 Å². The van der Waals surface area contributed by atoms with Crippen molar-refractivity contribution in [3.05, 3.63) is 77.3 Å². The van der Waals surface area contributed by atoms with E-state index in [0.29, 0.717) is 32.9 Å². The summed E-state index contributed by atoms with van der Waals surface area (Å²) in [4.78, 5) is 22.6. The predicted octanol–water partition coefficient (Wildman–Crippen LogP) is 6.15. The molecule has 8 heteroatoms. The number of anilines is 1. The number of nitrogens with one attached hydrogen (secondary N) is 1. The number of nitrogens with zero attached hydrogens (tertiary/aromatic N) is 2. The molecule has 0 spiro atoms. The van der Waals surface area contributed by atoms with E-state index in [1.54, 1.807) is 12.1 Å². The number of aromatic nitrogens is 2. The van der Waals surface area contributed by atoms with Gasteiger partial charge in [0.15, 0.2) is 16.6 Å². The molecule has 0 saturated heterocycles. The number of benzene rings is 3. The number of halogens is 1. The van der Waals surface area contributed by atoms with Crippen LogP contribution in [-0.4, -0.2) is 22.7 Å². The molecule has 2 aromatic heterocycles. The van der Waals surface area contributed by atoms with E-state index in [9.17, 15) is 4.79 Å². The standard InChI is InChI=1S/C24H14ClN3O3S/c25-14-6-7-18-22(10-14)32-24(27-18)28-23(29)16-11-19(26-17-4-2-1-3-15(16)17)13-5-8-20-21(9-13)31-12-30-20/h1-11H,12H2,(H,27,28,29). The maximum absolute atomic E-state index is 13.3. The number of ether oxygens (including phenoxy) is 2. The van der Waals surface area contributed by atoms with Crippen molar-refractivity contribution in [1.29, 1.82) is 0 Å². The van der Waals surface area contributed by atoms with Crippen molar-refractivity contribution in [3.8, 4) is 22.8 Å². The molecule has 3 aromatic carbocycles. The second-order valence-electron chi connectivity index (χ2n) is 7.23. The monoisotopic (exact) mass is 459 g/mol. The molecule has 1 N–H and O–H groups in total. The minimum Gasteiger partial charge on any atom is -0.454 e. The molecule has 156 valence electrons. The number of amides is 1. The lowest BCUT2D eigenvalue weighted by Gasteiger charge is -2.10. The summed E-state index contributed by atoms with van der Waals surface area (Å²) in [6.45, 7) is 0.199. The van der Waals surface area contributed by atoms with Crippen molar-refractivity contribution in [1.82, 2.24) is 9.97 Å². The lowest BCUT2D eigenvalue weighted by Crippen LogP contribution is -2.13. The lowest BCUT2D eigenvalue weighted by molar-refractivity contribution is 0.102. The first-order valence-electron chi connectivity index (χ1n) is 9.81. The van der Waals surface area contributed by atoms with Crippen LogP contribution in [0.5, 0.6) is 11.5 Å². The molecule has 1 aliphatic heterocycles. The van der Waals surface area contributed by atoms with Gasteiger partial charge in [-0.1, -0.05) is 41.1 Å².